The van der Waals surface area contributed by atoms with Crippen molar-refractivity contribution in [1.82, 2.24) is 9.78 Å². The van der Waals surface area contributed by atoms with Gasteiger partial charge in [0.05, 0.1) is 4.90 Å². The van der Waals surface area contributed by atoms with Crippen molar-refractivity contribution in [2.45, 2.75) is 23.8 Å². The van der Waals surface area contributed by atoms with Gasteiger partial charge in [-0.3, -0.25) is 4.68 Å². The maximum atomic E-state index is 11.4. The van der Waals surface area contributed by atoms with Gasteiger partial charge < -0.3 is 5.73 Å². The van der Waals surface area contributed by atoms with E-state index in [-0.39, 0.29) is 6.04 Å². The van der Waals surface area contributed by atoms with Gasteiger partial charge in [0.1, 0.15) is 0 Å². The second-order valence-corrected chi connectivity index (χ2v) is 6.95. The SMILES string of the molecule is Cn1nccc1CCC(N)c1ccc(S(C)(=O)=O)cc1. The highest BCUT2D eigenvalue weighted by Gasteiger charge is 2.10. The van der Waals surface area contributed by atoms with Gasteiger partial charge in [0.2, 0.25) is 0 Å². The Morgan fingerprint density at radius 1 is 1.25 bits per heavy atom. The Labute approximate surface area is 119 Å². The first kappa shape index (κ1) is 14.7. The van der Waals surface area contributed by atoms with Crippen LogP contribution in [0, 0.1) is 0 Å². The van der Waals surface area contributed by atoms with E-state index < -0.39 is 9.84 Å². The minimum atomic E-state index is -3.15. The van der Waals surface area contributed by atoms with E-state index in [0.717, 1.165) is 24.1 Å². The van der Waals surface area contributed by atoms with Crippen molar-refractivity contribution >= 4 is 9.84 Å². The van der Waals surface area contributed by atoms with E-state index in [1.165, 1.54) is 6.26 Å². The molecule has 0 fully saturated rings. The monoisotopic (exact) mass is 293 g/mol. The summed E-state index contributed by atoms with van der Waals surface area (Å²) in [6.45, 7) is 0. The average molecular weight is 293 g/mol. The van der Waals surface area contributed by atoms with E-state index in [4.69, 9.17) is 5.73 Å². The van der Waals surface area contributed by atoms with Crippen LogP contribution < -0.4 is 5.73 Å². The summed E-state index contributed by atoms with van der Waals surface area (Å²) in [5, 5.41) is 4.12. The predicted molar refractivity (Wildman–Crippen MR) is 78.0 cm³/mol. The third-order valence-corrected chi connectivity index (χ3v) is 4.50. The van der Waals surface area contributed by atoms with Crippen molar-refractivity contribution in [2.75, 3.05) is 6.26 Å². The molecule has 1 atom stereocenters. The number of nitrogens with zero attached hydrogens (tertiary/aromatic N) is 2. The molecule has 0 spiro atoms. The quantitative estimate of drug-likeness (QED) is 0.905. The van der Waals surface area contributed by atoms with E-state index in [1.54, 1.807) is 30.5 Å². The smallest absolute Gasteiger partial charge is 0.175 e. The second kappa shape index (κ2) is 5.76. The predicted octanol–water partition coefficient (Wildman–Crippen LogP) is 1.46. The van der Waals surface area contributed by atoms with E-state index in [0.29, 0.717) is 4.90 Å². The second-order valence-electron chi connectivity index (χ2n) is 4.93. The molecule has 1 heterocycles. The normalized spacial score (nSPS) is 13.3. The molecule has 2 rings (SSSR count). The molecule has 0 aliphatic carbocycles. The van der Waals surface area contributed by atoms with Crippen LogP contribution in [0.2, 0.25) is 0 Å². The number of hydrogen-bond acceptors (Lipinski definition) is 4. The van der Waals surface area contributed by atoms with Crippen molar-refractivity contribution in [3.63, 3.8) is 0 Å². The summed E-state index contributed by atoms with van der Waals surface area (Å²) in [4.78, 5) is 0.320. The zero-order valence-corrected chi connectivity index (χ0v) is 12.5. The van der Waals surface area contributed by atoms with E-state index in [1.807, 2.05) is 17.8 Å². The minimum absolute atomic E-state index is 0.112. The topological polar surface area (TPSA) is 78.0 Å². The molecule has 2 N–H and O–H groups in total. The molecule has 0 bridgehead atoms. The number of benzene rings is 1. The molecule has 20 heavy (non-hydrogen) atoms. The van der Waals surface area contributed by atoms with Gasteiger partial charge in [-0.2, -0.15) is 5.10 Å². The van der Waals surface area contributed by atoms with Gasteiger partial charge in [-0.15, -0.1) is 0 Å². The number of aromatic nitrogens is 2. The van der Waals surface area contributed by atoms with E-state index in [2.05, 4.69) is 5.10 Å². The molecule has 2 aromatic rings. The van der Waals surface area contributed by atoms with Crippen LogP contribution in [-0.2, 0) is 23.3 Å². The Bertz CT molecular complexity index is 675. The Morgan fingerprint density at radius 2 is 1.90 bits per heavy atom. The summed E-state index contributed by atoms with van der Waals surface area (Å²) in [5.74, 6) is 0. The number of aryl methyl sites for hydroxylation is 2. The number of rotatable bonds is 5. The molecule has 0 saturated heterocycles. The van der Waals surface area contributed by atoms with Crippen LogP contribution in [0.3, 0.4) is 0 Å². The summed E-state index contributed by atoms with van der Waals surface area (Å²) in [6.07, 6.45) is 4.59. The number of sulfone groups is 1. The van der Waals surface area contributed by atoms with Crippen LogP contribution in [0.25, 0.3) is 0 Å². The van der Waals surface area contributed by atoms with Crippen LogP contribution in [-0.4, -0.2) is 24.5 Å². The van der Waals surface area contributed by atoms with Crippen LogP contribution >= 0.6 is 0 Å². The molecule has 0 aliphatic rings. The fourth-order valence-corrected chi connectivity index (χ4v) is 2.71. The molecule has 1 aromatic heterocycles. The fraction of sp³-hybridized carbons (Fsp3) is 0.357. The van der Waals surface area contributed by atoms with Crippen molar-refractivity contribution in [1.29, 1.82) is 0 Å². The third kappa shape index (κ3) is 3.46. The summed E-state index contributed by atoms with van der Waals surface area (Å²) >= 11 is 0. The Kier molecular flexibility index (Phi) is 4.25. The lowest BCUT2D eigenvalue weighted by molar-refractivity contribution is 0.600. The van der Waals surface area contributed by atoms with Gasteiger partial charge in [0, 0.05) is 31.2 Å². The van der Waals surface area contributed by atoms with E-state index >= 15 is 0 Å². The van der Waals surface area contributed by atoms with Gasteiger partial charge in [-0.25, -0.2) is 8.42 Å². The van der Waals surface area contributed by atoms with Crippen LogP contribution in [0.5, 0.6) is 0 Å². The molecule has 5 nitrogen and oxygen atoms in total. The van der Waals surface area contributed by atoms with Crippen molar-refractivity contribution in [3.8, 4) is 0 Å². The zero-order valence-electron chi connectivity index (χ0n) is 11.7. The lowest BCUT2D eigenvalue weighted by Crippen LogP contribution is -2.12. The first-order valence-electron chi connectivity index (χ1n) is 6.40. The van der Waals surface area contributed by atoms with E-state index in [9.17, 15) is 8.42 Å². The van der Waals surface area contributed by atoms with Crippen LogP contribution in [0.15, 0.2) is 41.4 Å². The first-order chi connectivity index (χ1) is 9.38. The molecule has 0 amide bonds. The first-order valence-corrected chi connectivity index (χ1v) is 8.29. The Hall–Kier alpha value is -1.66. The lowest BCUT2D eigenvalue weighted by Gasteiger charge is -2.12. The van der Waals surface area contributed by atoms with Gasteiger partial charge in [-0.1, -0.05) is 12.1 Å². The molecule has 0 aliphatic heterocycles. The van der Waals surface area contributed by atoms with Gasteiger partial charge >= 0.3 is 0 Å². The Morgan fingerprint density at radius 3 is 2.40 bits per heavy atom. The third-order valence-electron chi connectivity index (χ3n) is 3.37. The highest BCUT2D eigenvalue weighted by Crippen LogP contribution is 2.19. The standard InChI is InChI=1S/C14H19N3O2S/c1-17-12(9-10-16-17)5-8-14(15)11-3-6-13(7-4-11)20(2,18)19/h3-4,6-7,9-10,14H,5,8,15H2,1-2H3. The summed E-state index contributed by atoms with van der Waals surface area (Å²) in [7, 11) is -1.25. The average Bonchev–Trinajstić information content (AvgIpc) is 2.81. The maximum absolute atomic E-state index is 11.4. The summed E-state index contributed by atoms with van der Waals surface area (Å²) in [6, 6.07) is 8.63. The number of hydrogen-bond donors (Lipinski definition) is 1. The maximum Gasteiger partial charge on any atom is 0.175 e. The zero-order chi connectivity index (χ0) is 14.8. The van der Waals surface area contributed by atoms with Crippen LogP contribution in [0.1, 0.15) is 23.7 Å². The molecular formula is C14H19N3O2S. The van der Waals surface area contributed by atoms with Gasteiger partial charge in [-0.05, 0) is 36.6 Å². The summed E-state index contributed by atoms with van der Waals surface area (Å²) in [5.41, 5.74) is 8.22. The largest absolute Gasteiger partial charge is 0.324 e. The van der Waals surface area contributed by atoms with Crippen molar-refractivity contribution in [2.24, 2.45) is 12.8 Å². The van der Waals surface area contributed by atoms with Crippen molar-refractivity contribution < 1.29 is 8.42 Å². The highest BCUT2D eigenvalue weighted by atomic mass is 32.2. The molecule has 0 radical (unpaired) electrons. The van der Waals surface area contributed by atoms with Gasteiger partial charge in [0.15, 0.2) is 9.84 Å². The van der Waals surface area contributed by atoms with Crippen LogP contribution in [0.4, 0.5) is 0 Å². The molecular weight excluding hydrogens is 274 g/mol. The van der Waals surface area contributed by atoms with Gasteiger partial charge in [0.25, 0.3) is 0 Å². The summed E-state index contributed by atoms with van der Waals surface area (Å²) < 4.78 is 24.6. The molecule has 1 unspecified atom stereocenters. The molecule has 0 saturated carbocycles. The van der Waals surface area contributed by atoms with Crippen molar-refractivity contribution in [3.05, 3.63) is 47.8 Å². The molecule has 6 heteroatoms. The highest BCUT2D eigenvalue weighted by molar-refractivity contribution is 7.90. The minimum Gasteiger partial charge on any atom is -0.324 e. The lowest BCUT2D eigenvalue weighted by atomic mass is 10.0. The fourth-order valence-electron chi connectivity index (χ4n) is 2.08. The molecule has 108 valence electrons. The number of nitrogens with two attached hydrogens (primary N) is 1. The Balaban J connectivity index is 2.03. The molecule has 1 aromatic carbocycles.